The van der Waals surface area contributed by atoms with Crippen molar-refractivity contribution in [2.45, 2.75) is 27.4 Å². The van der Waals surface area contributed by atoms with Gasteiger partial charge in [0.05, 0.1) is 0 Å². The van der Waals surface area contributed by atoms with Gasteiger partial charge in [0.25, 0.3) is 0 Å². The molecule has 0 aliphatic rings. The molecule has 20 heavy (non-hydrogen) atoms. The molecule has 2 N–H and O–H groups in total. The third-order valence-electron chi connectivity index (χ3n) is 3.21. The first-order chi connectivity index (χ1) is 9.47. The van der Waals surface area contributed by atoms with Gasteiger partial charge in [-0.25, -0.2) is 0 Å². The number of aryl methyl sites for hydroxylation is 3. The highest BCUT2D eigenvalue weighted by atomic mass is 16.5. The standard InChI is InChI=1S/C17H19NO2/c1-11-5-4-6-14(7-11)10-20-16-12(2)8-15(17(18)19)9-13(16)3/h4-9H,10H2,1-3H3,(H2,18,19). The Balaban J connectivity index is 2.20. The highest BCUT2D eigenvalue weighted by Crippen LogP contribution is 2.25. The smallest absolute Gasteiger partial charge is 0.248 e. The predicted octanol–water partition coefficient (Wildman–Crippen LogP) is 3.29. The molecule has 0 aliphatic heterocycles. The molecule has 2 aromatic rings. The summed E-state index contributed by atoms with van der Waals surface area (Å²) in [6.07, 6.45) is 0. The van der Waals surface area contributed by atoms with Crippen LogP contribution in [0.5, 0.6) is 5.75 Å². The van der Waals surface area contributed by atoms with E-state index >= 15 is 0 Å². The first-order valence-electron chi connectivity index (χ1n) is 6.57. The normalized spacial score (nSPS) is 10.3. The van der Waals surface area contributed by atoms with E-state index in [1.807, 2.05) is 26.0 Å². The van der Waals surface area contributed by atoms with E-state index in [2.05, 4.69) is 19.1 Å². The largest absolute Gasteiger partial charge is 0.488 e. The molecule has 0 spiro atoms. The van der Waals surface area contributed by atoms with Crippen LogP contribution in [0.15, 0.2) is 36.4 Å². The molecule has 0 heterocycles. The molecule has 0 aromatic heterocycles. The highest BCUT2D eigenvalue weighted by Gasteiger charge is 2.09. The lowest BCUT2D eigenvalue weighted by molar-refractivity contribution is 0.1000. The Kier molecular flexibility index (Phi) is 4.08. The number of hydrogen-bond acceptors (Lipinski definition) is 2. The maximum atomic E-state index is 11.2. The number of hydrogen-bond donors (Lipinski definition) is 1. The summed E-state index contributed by atoms with van der Waals surface area (Å²) in [6.45, 7) is 6.41. The molecule has 0 bridgehead atoms. The molecule has 0 fully saturated rings. The lowest BCUT2D eigenvalue weighted by Gasteiger charge is -2.13. The van der Waals surface area contributed by atoms with Gasteiger partial charge in [0.1, 0.15) is 12.4 Å². The summed E-state index contributed by atoms with van der Waals surface area (Å²) in [5.74, 6) is 0.401. The van der Waals surface area contributed by atoms with Crippen molar-refractivity contribution in [1.29, 1.82) is 0 Å². The topological polar surface area (TPSA) is 52.3 Å². The van der Waals surface area contributed by atoms with Crippen molar-refractivity contribution in [2.24, 2.45) is 5.73 Å². The van der Waals surface area contributed by atoms with E-state index in [0.29, 0.717) is 12.2 Å². The molecular weight excluding hydrogens is 250 g/mol. The van der Waals surface area contributed by atoms with Crippen LogP contribution in [-0.4, -0.2) is 5.91 Å². The number of carbonyl (C=O) groups is 1. The van der Waals surface area contributed by atoms with Crippen LogP contribution in [0.2, 0.25) is 0 Å². The van der Waals surface area contributed by atoms with Crippen molar-refractivity contribution >= 4 is 5.91 Å². The van der Waals surface area contributed by atoms with Crippen LogP contribution in [0.3, 0.4) is 0 Å². The number of nitrogens with two attached hydrogens (primary N) is 1. The molecule has 0 aliphatic carbocycles. The fraction of sp³-hybridized carbons (Fsp3) is 0.235. The summed E-state index contributed by atoms with van der Waals surface area (Å²) >= 11 is 0. The second-order valence-electron chi connectivity index (χ2n) is 5.08. The van der Waals surface area contributed by atoms with Gasteiger partial charge >= 0.3 is 0 Å². The molecule has 1 amide bonds. The Hall–Kier alpha value is -2.29. The lowest BCUT2D eigenvalue weighted by Crippen LogP contribution is -2.12. The maximum absolute atomic E-state index is 11.2. The van der Waals surface area contributed by atoms with E-state index in [-0.39, 0.29) is 0 Å². The van der Waals surface area contributed by atoms with Crippen LogP contribution in [0.25, 0.3) is 0 Å². The quantitative estimate of drug-likeness (QED) is 0.926. The van der Waals surface area contributed by atoms with Gasteiger partial charge in [-0.15, -0.1) is 0 Å². The third kappa shape index (κ3) is 3.18. The monoisotopic (exact) mass is 269 g/mol. The summed E-state index contributed by atoms with van der Waals surface area (Å²) < 4.78 is 5.89. The van der Waals surface area contributed by atoms with E-state index in [1.54, 1.807) is 12.1 Å². The molecule has 104 valence electrons. The maximum Gasteiger partial charge on any atom is 0.248 e. The summed E-state index contributed by atoms with van der Waals surface area (Å²) in [5.41, 5.74) is 10.0. The SMILES string of the molecule is Cc1cccc(COc2c(C)cc(C(N)=O)cc2C)c1. The molecule has 3 heteroatoms. The van der Waals surface area contributed by atoms with Gasteiger partial charge in [0.15, 0.2) is 0 Å². The highest BCUT2D eigenvalue weighted by molar-refractivity contribution is 5.93. The summed E-state index contributed by atoms with van der Waals surface area (Å²) in [4.78, 5) is 11.2. The van der Waals surface area contributed by atoms with Gasteiger partial charge in [-0.1, -0.05) is 29.8 Å². The van der Waals surface area contributed by atoms with Crippen LogP contribution in [-0.2, 0) is 6.61 Å². The number of rotatable bonds is 4. The van der Waals surface area contributed by atoms with Crippen molar-refractivity contribution in [3.05, 3.63) is 64.2 Å². The minimum Gasteiger partial charge on any atom is -0.488 e. The van der Waals surface area contributed by atoms with Gasteiger partial charge in [-0.05, 0) is 49.6 Å². The molecule has 2 rings (SSSR count). The van der Waals surface area contributed by atoms with Gasteiger partial charge in [-0.2, -0.15) is 0 Å². The fourth-order valence-electron chi connectivity index (χ4n) is 2.28. The summed E-state index contributed by atoms with van der Waals surface area (Å²) in [5, 5.41) is 0. The Morgan fingerprint density at radius 2 is 1.75 bits per heavy atom. The van der Waals surface area contributed by atoms with E-state index < -0.39 is 5.91 Å². The van der Waals surface area contributed by atoms with Gasteiger partial charge < -0.3 is 10.5 Å². The van der Waals surface area contributed by atoms with Crippen molar-refractivity contribution in [2.75, 3.05) is 0 Å². The first kappa shape index (κ1) is 14.1. The van der Waals surface area contributed by atoms with Crippen LogP contribution < -0.4 is 10.5 Å². The molecule has 0 saturated carbocycles. The van der Waals surface area contributed by atoms with Gasteiger partial charge in [-0.3, -0.25) is 4.79 Å². The molecule has 0 saturated heterocycles. The minimum absolute atomic E-state index is 0.415. The van der Waals surface area contributed by atoms with Crippen LogP contribution in [0.1, 0.15) is 32.6 Å². The zero-order valence-electron chi connectivity index (χ0n) is 12.1. The average Bonchev–Trinajstić information content (AvgIpc) is 2.37. The summed E-state index contributed by atoms with van der Waals surface area (Å²) in [6, 6.07) is 11.7. The Morgan fingerprint density at radius 1 is 1.10 bits per heavy atom. The molecular formula is C17H19NO2. The molecule has 2 aromatic carbocycles. The van der Waals surface area contributed by atoms with E-state index in [9.17, 15) is 4.79 Å². The fourth-order valence-corrected chi connectivity index (χ4v) is 2.28. The van der Waals surface area contributed by atoms with Gasteiger partial charge in [0, 0.05) is 5.56 Å². The first-order valence-corrected chi connectivity index (χ1v) is 6.57. The van der Waals surface area contributed by atoms with E-state index in [0.717, 1.165) is 22.4 Å². The molecule has 3 nitrogen and oxygen atoms in total. The second-order valence-corrected chi connectivity index (χ2v) is 5.08. The van der Waals surface area contributed by atoms with Crippen molar-refractivity contribution < 1.29 is 9.53 Å². The number of ether oxygens (including phenoxy) is 1. The Bertz CT molecular complexity index is 624. The molecule has 0 atom stereocenters. The Morgan fingerprint density at radius 3 is 2.30 bits per heavy atom. The second kappa shape index (κ2) is 5.78. The summed E-state index contributed by atoms with van der Waals surface area (Å²) in [7, 11) is 0. The van der Waals surface area contributed by atoms with Crippen LogP contribution in [0.4, 0.5) is 0 Å². The lowest BCUT2D eigenvalue weighted by atomic mass is 10.1. The third-order valence-corrected chi connectivity index (χ3v) is 3.21. The number of benzene rings is 2. The zero-order valence-corrected chi connectivity index (χ0v) is 12.1. The predicted molar refractivity (Wildman–Crippen MR) is 79.9 cm³/mol. The Labute approximate surface area is 119 Å². The minimum atomic E-state index is -0.415. The van der Waals surface area contributed by atoms with Crippen molar-refractivity contribution in [1.82, 2.24) is 0 Å². The number of carbonyl (C=O) groups excluding carboxylic acids is 1. The van der Waals surface area contributed by atoms with Gasteiger partial charge in [0.2, 0.25) is 5.91 Å². The zero-order chi connectivity index (χ0) is 14.7. The molecule has 0 unspecified atom stereocenters. The van der Waals surface area contributed by atoms with E-state index in [4.69, 9.17) is 10.5 Å². The number of amides is 1. The van der Waals surface area contributed by atoms with Crippen molar-refractivity contribution in [3.63, 3.8) is 0 Å². The average molecular weight is 269 g/mol. The van der Waals surface area contributed by atoms with Crippen LogP contribution in [0, 0.1) is 20.8 Å². The number of primary amides is 1. The van der Waals surface area contributed by atoms with Crippen molar-refractivity contribution in [3.8, 4) is 5.75 Å². The molecule has 0 radical (unpaired) electrons. The van der Waals surface area contributed by atoms with Crippen LogP contribution >= 0.6 is 0 Å². The van der Waals surface area contributed by atoms with E-state index in [1.165, 1.54) is 5.56 Å².